The number of rotatable bonds is 11. The van der Waals surface area contributed by atoms with Crippen LogP contribution in [0.1, 0.15) is 75.3 Å². The molecule has 10 heterocycles. The second-order valence-electron chi connectivity index (χ2n) is 25.2. The first-order valence-corrected chi connectivity index (χ1v) is 30.4. The van der Waals surface area contributed by atoms with E-state index in [1.165, 1.54) is 60.9 Å². The number of pyridine rings is 2. The van der Waals surface area contributed by atoms with Crippen molar-refractivity contribution in [1.82, 2.24) is 39.7 Å². The van der Waals surface area contributed by atoms with Gasteiger partial charge in [0, 0.05) is 105 Å². The third kappa shape index (κ3) is 10.3. The van der Waals surface area contributed by atoms with E-state index in [0.717, 1.165) is 64.5 Å². The van der Waals surface area contributed by atoms with Crippen LogP contribution in [-0.2, 0) is 0 Å². The number of aliphatic hydroxyl groups is 2. The zero-order valence-electron chi connectivity index (χ0n) is 48.6. The summed E-state index contributed by atoms with van der Waals surface area (Å²) in [6.45, 7) is 4.90. The highest BCUT2D eigenvalue weighted by Crippen LogP contribution is 2.46. The normalized spacial score (nSPS) is 25.8. The summed E-state index contributed by atoms with van der Waals surface area (Å²) in [7, 11) is 0. The Morgan fingerprint density at radius 3 is 1.55 bits per heavy atom. The number of piperidine rings is 2. The summed E-state index contributed by atoms with van der Waals surface area (Å²) in [5.74, 6) is 2.50. The number of phenols is 2. The van der Waals surface area contributed by atoms with Gasteiger partial charge in [-0.15, -0.1) is 12.8 Å². The van der Waals surface area contributed by atoms with Crippen molar-refractivity contribution >= 4 is 55.0 Å². The SMILES string of the molecule is C#Cc1c(F)ccc2cc(O)cc(-c3ncc4c(N5CC6CCC(C5)C6O)nc(OCC56CCCN5CC(F)C6)nc4c3F)c12.C#Cc1c(F)ccc2cc(O)cc(-c3ncc4c(N5CCCC(CO)C5)nc(OCC56CCCN5CC(F)C6)nc4c3F)c12. The molecule has 1 aliphatic carbocycles. The fourth-order valence-corrected chi connectivity index (χ4v) is 15.6. The van der Waals surface area contributed by atoms with Gasteiger partial charge < -0.3 is 39.7 Å². The van der Waals surface area contributed by atoms with E-state index in [-0.39, 0.29) is 123 Å². The molecule has 7 atom stereocenters. The standard InChI is InChI=1S/C34H32F3N5O3.C33H32F3N5O3/c1-2-23-26(36)7-6-18-10-22(43)11-24(27(18)23)29-28(37)30-25(13-38-29)32(41-14-19-4-5-20(15-41)31(19)44)40-33(39-30)45-17-34-8-3-9-42(34)16-21(35)12-34;1-2-23-26(35)7-6-20-11-22(43)12-24(27(20)23)29-28(36)30-25(14-37-29)31(40-9-3-5-19(15-40)17-42)39-32(38-30)44-18-33-8-4-10-41(33)16-21(34)13-33/h1,6-7,10-11,13,19-21,31,43-44H,3-5,8-9,12,14-17H2;1,6-7,11-12,14,19,21,42-43H,3-5,8-10,13,15-18H2. The lowest BCUT2D eigenvalue weighted by Crippen LogP contribution is -2.45. The van der Waals surface area contributed by atoms with Gasteiger partial charge in [0.05, 0.1) is 39.1 Å². The maximum absolute atomic E-state index is 16.8. The molecule has 460 valence electrons. The van der Waals surface area contributed by atoms with E-state index in [1.807, 2.05) is 9.80 Å². The number of halogens is 6. The highest BCUT2D eigenvalue weighted by atomic mass is 19.2. The Kier molecular flexibility index (Phi) is 15.1. The fraction of sp³-hybridized carbons (Fsp3) is 0.433. The average molecular weight is 1220 g/mol. The molecule has 7 aliphatic rings. The molecule has 1 saturated carbocycles. The number of hydrogen-bond donors (Lipinski definition) is 4. The number of phenolic OH excluding ortho intramolecular Hbond substituents is 2. The van der Waals surface area contributed by atoms with E-state index in [9.17, 15) is 38.0 Å². The molecule has 6 aliphatic heterocycles. The molecule has 0 radical (unpaired) electrons. The van der Waals surface area contributed by atoms with Crippen LogP contribution in [0.25, 0.3) is 65.9 Å². The quantitative estimate of drug-likeness (QED) is 0.0707. The monoisotopic (exact) mass is 1220 g/mol. The fourth-order valence-electron chi connectivity index (χ4n) is 15.6. The predicted octanol–water partition coefficient (Wildman–Crippen LogP) is 9.95. The van der Waals surface area contributed by atoms with Gasteiger partial charge in [-0.1, -0.05) is 24.0 Å². The van der Waals surface area contributed by atoms with E-state index in [4.69, 9.17) is 32.3 Å². The lowest BCUT2D eigenvalue weighted by Gasteiger charge is -2.36. The van der Waals surface area contributed by atoms with Gasteiger partial charge in [0.1, 0.15) is 82.7 Å². The minimum atomic E-state index is -0.934. The first-order chi connectivity index (χ1) is 43.0. The molecular formula is C67H64F6N10O6. The molecule has 4 N–H and O–H groups in total. The Morgan fingerprint density at radius 1 is 0.596 bits per heavy atom. The Hall–Kier alpha value is -8.28. The van der Waals surface area contributed by atoms with E-state index in [2.05, 4.69) is 41.6 Å². The molecule has 89 heavy (non-hydrogen) atoms. The number of aromatic hydroxyl groups is 2. The van der Waals surface area contributed by atoms with Crippen LogP contribution < -0.4 is 19.3 Å². The Balaban J connectivity index is 0.000000156. The van der Waals surface area contributed by atoms with Gasteiger partial charge in [-0.2, -0.15) is 19.9 Å². The smallest absolute Gasteiger partial charge is 0.319 e. The number of fused-ring (bicyclic) bond motifs is 8. The van der Waals surface area contributed by atoms with Crippen molar-refractivity contribution in [1.29, 1.82) is 0 Å². The van der Waals surface area contributed by atoms with Gasteiger partial charge in [0.25, 0.3) is 0 Å². The molecule has 4 aromatic carbocycles. The summed E-state index contributed by atoms with van der Waals surface area (Å²) in [6.07, 6.45) is 19.7. The molecule has 16 nitrogen and oxygen atoms in total. The number of alkyl halides is 2. The number of aliphatic hydroxyl groups excluding tert-OH is 2. The van der Waals surface area contributed by atoms with E-state index >= 15 is 8.78 Å². The third-order valence-electron chi connectivity index (χ3n) is 19.8. The summed E-state index contributed by atoms with van der Waals surface area (Å²) in [6, 6.07) is 10.7. The van der Waals surface area contributed by atoms with Crippen LogP contribution in [0.4, 0.5) is 38.0 Å². The largest absolute Gasteiger partial charge is 0.508 e. The van der Waals surface area contributed by atoms with Crippen molar-refractivity contribution < 1.29 is 56.2 Å². The van der Waals surface area contributed by atoms with Crippen LogP contribution >= 0.6 is 0 Å². The molecule has 2 bridgehead atoms. The molecule has 7 fully saturated rings. The first-order valence-electron chi connectivity index (χ1n) is 30.4. The number of ether oxygens (including phenoxy) is 2. The van der Waals surface area contributed by atoms with Crippen molar-refractivity contribution in [3.05, 3.63) is 95.3 Å². The first kappa shape index (κ1) is 58.4. The van der Waals surface area contributed by atoms with E-state index < -0.39 is 46.7 Å². The zero-order valence-corrected chi connectivity index (χ0v) is 48.6. The number of nitrogens with zero attached hydrogens (tertiary/aromatic N) is 10. The maximum Gasteiger partial charge on any atom is 0.319 e. The highest BCUT2D eigenvalue weighted by molar-refractivity contribution is 6.04. The Morgan fingerprint density at radius 2 is 1.08 bits per heavy atom. The van der Waals surface area contributed by atoms with Gasteiger partial charge in [-0.3, -0.25) is 19.8 Å². The van der Waals surface area contributed by atoms with Crippen LogP contribution in [0.2, 0.25) is 0 Å². The average Bonchev–Trinajstić information content (AvgIpc) is 2.03. The number of terminal acetylenes is 2. The zero-order chi connectivity index (χ0) is 61.6. The van der Waals surface area contributed by atoms with Gasteiger partial charge in [0.2, 0.25) is 0 Å². The molecule has 22 heteroatoms. The van der Waals surface area contributed by atoms with Crippen molar-refractivity contribution in [2.45, 2.75) is 93.7 Å². The number of anilines is 2. The van der Waals surface area contributed by atoms with Crippen LogP contribution in [0.15, 0.2) is 60.9 Å². The minimum absolute atomic E-state index is 0.0149. The molecule has 15 rings (SSSR count). The molecule has 4 aromatic heterocycles. The molecule has 0 amide bonds. The van der Waals surface area contributed by atoms with Crippen LogP contribution in [0, 0.1) is 65.7 Å². The van der Waals surface area contributed by atoms with Crippen molar-refractivity contribution in [2.75, 3.05) is 82.0 Å². The van der Waals surface area contributed by atoms with E-state index in [1.54, 1.807) is 0 Å². The molecule has 7 unspecified atom stereocenters. The Labute approximate surface area is 508 Å². The number of aromatic nitrogens is 6. The predicted molar refractivity (Wildman–Crippen MR) is 323 cm³/mol. The number of benzene rings is 4. The highest BCUT2D eigenvalue weighted by Gasteiger charge is 2.51. The second kappa shape index (κ2) is 22.9. The van der Waals surface area contributed by atoms with Crippen LogP contribution in [0.3, 0.4) is 0 Å². The molecular weight excluding hydrogens is 1150 g/mol. The van der Waals surface area contributed by atoms with Gasteiger partial charge in [-0.25, -0.2) is 26.3 Å². The van der Waals surface area contributed by atoms with Gasteiger partial charge >= 0.3 is 12.0 Å². The second-order valence-corrected chi connectivity index (χ2v) is 25.2. The summed E-state index contributed by atoms with van der Waals surface area (Å²) in [5, 5.41) is 43.6. The van der Waals surface area contributed by atoms with Crippen LogP contribution in [0.5, 0.6) is 23.5 Å². The van der Waals surface area contributed by atoms with Gasteiger partial charge in [0.15, 0.2) is 11.6 Å². The van der Waals surface area contributed by atoms with Crippen molar-refractivity contribution in [3.8, 4) is 70.7 Å². The van der Waals surface area contributed by atoms with Crippen molar-refractivity contribution in [2.24, 2.45) is 17.8 Å². The number of hydrogen-bond acceptors (Lipinski definition) is 16. The van der Waals surface area contributed by atoms with Crippen LogP contribution in [-0.4, -0.2) is 162 Å². The topological polar surface area (TPSA) is 190 Å². The lowest BCUT2D eigenvalue weighted by atomic mass is 9.94. The van der Waals surface area contributed by atoms with Gasteiger partial charge in [-0.05, 0) is 118 Å². The summed E-state index contributed by atoms with van der Waals surface area (Å²) >= 11 is 0. The van der Waals surface area contributed by atoms with Crippen molar-refractivity contribution in [3.63, 3.8) is 0 Å². The summed E-state index contributed by atoms with van der Waals surface area (Å²) < 4.78 is 104. The Bertz CT molecular complexity index is 4230. The lowest BCUT2D eigenvalue weighted by molar-refractivity contribution is 0.0790. The summed E-state index contributed by atoms with van der Waals surface area (Å²) in [5.41, 5.74) is -1.25. The maximum atomic E-state index is 16.8. The minimum Gasteiger partial charge on any atom is -0.508 e. The molecule has 0 spiro atoms. The molecule has 6 saturated heterocycles. The van der Waals surface area contributed by atoms with E-state index in [0.29, 0.717) is 85.3 Å². The summed E-state index contributed by atoms with van der Waals surface area (Å²) in [4.78, 5) is 35.6. The molecule has 8 aromatic rings. The third-order valence-corrected chi connectivity index (χ3v) is 19.8.